The molecule has 1 N–H and O–H groups in total. The van der Waals surface area contributed by atoms with Gasteiger partial charge in [-0.05, 0) is 37.6 Å². The van der Waals surface area contributed by atoms with Crippen LogP contribution in [0.5, 0.6) is 0 Å². The second kappa shape index (κ2) is 6.08. The second-order valence-electron chi connectivity index (χ2n) is 5.62. The van der Waals surface area contributed by atoms with Crippen molar-refractivity contribution in [3.05, 3.63) is 65.4 Å². The van der Waals surface area contributed by atoms with E-state index in [1.807, 2.05) is 25.1 Å². The number of furan rings is 1. The Bertz CT molecular complexity index is 893. The van der Waals surface area contributed by atoms with Gasteiger partial charge < -0.3 is 9.73 Å². The van der Waals surface area contributed by atoms with Gasteiger partial charge in [-0.2, -0.15) is 0 Å². The molecular weight excluding hydrogens is 290 g/mol. The van der Waals surface area contributed by atoms with Crippen LogP contribution in [0.15, 0.2) is 53.1 Å². The number of hydrogen-bond donors (Lipinski definition) is 1. The quantitative estimate of drug-likeness (QED) is 0.737. The lowest BCUT2D eigenvalue weighted by Crippen LogP contribution is -2.14. The van der Waals surface area contributed by atoms with Crippen LogP contribution >= 0.6 is 0 Å². The molecule has 0 bridgehead atoms. The van der Waals surface area contributed by atoms with E-state index in [2.05, 4.69) is 5.32 Å². The number of benzene rings is 2. The van der Waals surface area contributed by atoms with Crippen molar-refractivity contribution in [3.63, 3.8) is 0 Å². The standard InChI is InChI=1S/C19H17NO3/c1-12-6-7-17-15(11-23-18(17)8-12)10-19(22)20-16-5-3-4-14(9-16)13(2)21/h3-9,11H,10H2,1-2H3,(H,20,22). The molecule has 1 aromatic heterocycles. The summed E-state index contributed by atoms with van der Waals surface area (Å²) in [6, 6.07) is 12.8. The Morgan fingerprint density at radius 1 is 1.13 bits per heavy atom. The molecule has 0 spiro atoms. The third-order valence-corrected chi connectivity index (χ3v) is 3.72. The van der Waals surface area contributed by atoms with Gasteiger partial charge in [0.1, 0.15) is 5.58 Å². The molecule has 23 heavy (non-hydrogen) atoms. The van der Waals surface area contributed by atoms with Crippen molar-refractivity contribution in [1.82, 2.24) is 0 Å². The lowest BCUT2D eigenvalue weighted by molar-refractivity contribution is -0.115. The summed E-state index contributed by atoms with van der Waals surface area (Å²) in [5, 5.41) is 3.77. The summed E-state index contributed by atoms with van der Waals surface area (Å²) in [5.41, 5.74) is 3.94. The highest BCUT2D eigenvalue weighted by molar-refractivity contribution is 5.98. The molecule has 0 fully saturated rings. The van der Waals surface area contributed by atoms with Gasteiger partial charge in [0.25, 0.3) is 0 Å². The summed E-state index contributed by atoms with van der Waals surface area (Å²) in [5.74, 6) is -0.175. The highest BCUT2D eigenvalue weighted by Gasteiger charge is 2.11. The van der Waals surface area contributed by atoms with E-state index in [1.165, 1.54) is 6.92 Å². The summed E-state index contributed by atoms with van der Waals surface area (Å²) < 4.78 is 5.51. The number of anilines is 1. The first kappa shape index (κ1) is 15.0. The monoisotopic (exact) mass is 307 g/mol. The van der Waals surface area contributed by atoms with E-state index in [0.29, 0.717) is 11.3 Å². The van der Waals surface area contributed by atoms with Crippen molar-refractivity contribution < 1.29 is 14.0 Å². The third-order valence-electron chi connectivity index (χ3n) is 3.72. The summed E-state index contributed by atoms with van der Waals surface area (Å²) >= 11 is 0. The van der Waals surface area contributed by atoms with Crippen molar-refractivity contribution in [2.75, 3.05) is 5.32 Å². The molecule has 2 aromatic carbocycles. The molecule has 4 nitrogen and oxygen atoms in total. The maximum atomic E-state index is 12.2. The van der Waals surface area contributed by atoms with E-state index in [0.717, 1.165) is 22.1 Å². The van der Waals surface area contributed by atoms with Crippen LogP contribution in [-0.2, 0) is 11.2 Å². The minimum absolute atomic E-state index is 0.0303. The third kappa shape index (κ3) is 3.31. The molecule has 4 heteroatoms. The van der Waals surface area contributed by atoms with Crippen LogP contribution in [-0.4, -0.2) is 11.7 Å². The van der Waals surface area contributed by atoms with Gasteiger partial charge in [-0.15, -0.1) is 0 Å². The largest absolute Gasteiger partial charge is 0.464 e. The molecule has 1 heterocycles. The van der Waals surface area contributed by atoms with Gasteiger partial charge in [0.2, 0.25) is 5.91 Å². The summed E-state index contributed by atoms with van der Waals surface area (Å²) in [4.78, 5) is 23.6. The van der Waals surface area contributed by atoms with Gasteiger partial charge >= 0.3 is 0 Å². The number of carbonyl (C=O) groups excluding carboxylic acids is 2. The Kier molecular flexibility index (Phi) is 3.98. The molecule has 116 valence electrons. The van der Waals surface area contributed by atoms with Gasteiger partial charge in [0, 0.05) is 22.2 Å². The Morgan fingerprint density at radius 3 is 2.74 bits per heavy atom. The number of rotatable bonds is 4. The SMILES string of the molecule is CC(=O)c1cccc(NC(=O)Cc2coc3cc(C)ccc23)c1. The van der Waals surface area contributed by atoms with Crippen LogP contribution in [0, 0.1) is 6.92 Å². The highest BCUT2D eigenvalue weighted by atomic mass is 16.3. The zero-order valence-electron chi connectivity index (χ0n) is 13.1. The fraction of sp³-hybridized carbons (Fsp3) is 0.158. The van der Waals surface area contributed by atoms with E-state index in [9.17, 15) is 9.59 Å². The number of amides is 1. The lowest BCUT2D eigenvalue weighted by Gasteiger charge is -2.06. The normalized spacial score (nSPS) is 10.7. The van der Waals surface area contributed by atoms with Crippen molar-refractivity contribution in [3.8, 4) is 0 Å². The van der Waals surface area contributed by atoms with Gasteiger partial charge in [-0.3, -0.25) is 9.59 Å². The summed E-state index contributed by atoms with van der Waals surface area (Å²) in [6.45, 7) is 3.50. The zero-order chi connectivity index (χ0) is 16.4. The fourth-order valence-corrected chi connectivity index (χ4v) is 2.52. The van der Waals surface area contributed by atoms with E-state index in [1.54, 1.807) is 30.5 Å². The van der Waals surface area contributed by atoms with Crippen molar-refractivity contribution >= 4 is 28.3 Å². The van der Waals surface area contributed by atoms with Gasteiger partial charge in [0.15, 0.2) is 5.78 Å². The van der Waals surface area contributed by atoms with E-state index >= 15 is 0 Å². The van der Waals surface area contributed by atoms with Crippen LogP contribution in [0.25, 0.3) is 11.0 Å². The molecule has 0 aliphatic carbocycles. The number of nitrogens with one attached hydrogen (secondary N) is 1. The average molecular weight is 307 g/mol. The molecular formula is C19H17NO3. The Hall–Kier alpha value is -2.88. The topological polar surface area (TPSA) is 59.3 Å². The second-order valence-corrected chi connectivity index (χ2v) is 5.62. The molecule has 0 saturated carbocycles. The zero-order valence-corrected chi connectivity index (χ0v) is 13.1. The Morgan fingerprint density at radius 2 is 1.96 bits per heavy atom. The molecule has 0 aliphatic rings. The van der Waals surface area contributed by atoms with Crippen LogP contribution in [0.3, 0.4) is 0 Å². The van der Waals surface area contributed by atoms with E-state index in [-0.39, 0.29) is 18.1 Å². The van der Waals surface area contributed by atoms with E-state index < -0.39 is 0 Å². The molecule has 3 rings (SSSR count). The molecule has 0 radical (unpaired) electrons. The van der Waals surface area contributed by atoms with Crippen LogP contribution in [0.2, 0.25) is 0 Å². The van der Waals surface area contributed by atoms with Crippen molar-refractivity contribution in [1.29, 1.82) is 0 Å². The van der Waals surface area contributed by atoms with Gasteiger partial charge in [-0.1, -0.05) is 24.3 Å². The van der Waals surface area contributed by atoms with Crippen molar-refractivity contribution in [2.45, 2.75) is 20.3 Å². The first-order valence-corrected chi connectivity index (χ1v) is 7.40. The van der Waals surface area contributed by atoms with Crippen LogP contribution < -0.4 is 5.32 Å². The van der Waals surface area contributed by atoms with Gasteiger partial charge in [-0.25, -0.2) is 0 Å². The minimum Gasteiger partial charge on any atom is -0.464 e. The van der Waals surface area contributed by atoms with Gasteiger partial charge in [0.05, 0.1) is 12.7 Å². The fourth-order valence-electron chi connectivity index (χ4n) is 2.52. The number of ketones is 1. The first-order valence-electron chi connectivity index (χ1n) is 7.40. The lowest BCUT2D eigenvalue weighted by atomic mass is 10.1. The van der Waals surface area contributed by atoms with Crippen LogP contribution in [0.1, 0.15) is 28.4 Å². The highest BCUT2D eigenvalue weighted by Crippen LogP contribution is 2.23. The molecule has 0 saturated heterocycles. The molecule has 3 aromatic rings. The first-order chi connectivity index (χ1) is 11.0. The molecule has 0 unspecified atom stereocenters. The predicted octanol–water partition coefficient (Wildman–Crippen LogP) is 4.13. The number of fused-ring (bicyclic) bond motifs is 1. The number of aryl methyl sites for hydroxylation is 1. The number of Topliss-reactive ketones (excluding diaryl/α,β-unsaturated/α-hetero) is 1. The Balaban J connectivity index is 1.76. The van der Waals surface area contributed by atoms with E-state index in [4.69, 9.17) is 4.42 Å². The molecule has 0 aliphatic heterocycles. The maximum absolute atomic E-state index is 12.2. The summed E-state index contributed by atoms with van der Waals surface area (Å²) in [6.07, 6.45) is 1.84. The smallest absolute Gasteiger partial charge is 0.228 e. The maximum Gasteiger partial charge on any atom is 0.228 e. The molecule has 1 amide bonds. The van der Waals surface area contributed by atoms with Crippen molar-refractivity contribution in [2.24, 2.45) is 0 Å². The summed E-state index contributed by atoms with van der Waals surface area (Å²) in [7, 11) is 0. The minimum atomic E-state index is -0.144. The molecule has 0 atom stereocenters. The Labute approximate surface area is 134 Å². The average Bonchev–Trinajstić information content (AvgIpc) is 2.89. The predicted molar refractivity (Wildman–Crippen MR) is 89.7 cm³/mol. The number of hydrogen-bond acceptors (Lipinski definition) is 3. The van der Waals surface area contributed by atoms with Crippen LogP contribution in [0.4, 0.5) is 5.69 Å². The number of carbonyl (C=O) groups is 2.